The number of rotatable bonds is 6. The zero-order valence-corrected chi connectivity index (χ0v) is 15.3. The second-order valence-electron chi connectivity index (χ2n) is 6.49. The highest BCUT2D eigenvalue weighted by molar-refractivity contribution is 5.79. The molecule has 0 radical (unpaired) electrons. The van der Waals surface area contributed by atoms with E-state index in [4.69, 9.17) is 4.74 Å². The molecule has 0 aromatic heterocycles. The molecule has 1 unspecified atom stereocenters. The van der Waals surface area contributed by atoms with Crippen LogP contribution in [-0.4, -0.2) is 37.8 Å². The van der Waals surface area contributed by atoms with Crippen molar-refractivity contribution in [3.05, 3.63) is 35.9 Å². The minimum atomic E-state index is -0.530. The van der Waals surface area contributed by atoms with Gasteiger partial charge >= 0.3 is 6.09 Å². The number of carbonyl (C=O) groups is 1. The van der Waals surface area contributed by atoms with Crippen molar-refractivity contribution in [2.24, 2.45) is 4.99 Å². The third-order valence-electron chi connectivity index (χ3n) is 3.13. The SMILES string of the molecule is CCCNC(=NC)NCC(NC(=O)OC(C)(C)C)c1ccccc1. The smallest absolute Gasteiger partial charge is 0.408 e. The summed E-state index contributed by atoms with van der Waals surface area (Å²) >= 11 is 0. The van der Waals surface area contributed by atoms with E-state index in [1.807, 2.05) is 51.1 Å². The van der Waals surface area contributed by atoms with E-state index in [2.05, 4.69) is 27.9 Å². The van der Waals surface area contributed by atoms with Crippen LogP contribution in [0.2, 0.25) is 0 Å². The number of nitrogens with one attached hydrogen (secondary N) is 3. The van der Waals surface area contributed by atoms with E-state index in [1.165, 1.54) is 0 Å². The van der Waals surface area contributed by atoms with E-state index in [0.29, 0.717) is 12.5 Å². The molecule has 1 rings (SSSR count). The number of ether oxygens (including phenoxy) is 1. The van der Waals surface area contributed by atoms with Crippen molar-refractivity contribution in [2.75, 3.05) is 20.1 Å². The number of carbonyl (C=O) groups excluding carboxylic acids is 1. The van der Waals surface area contributed by atoms with Crippen LogP contribution < -0.4 is 16.0 Å². The fraction of sp³-hybridized carbons (Fsp3) is 0.556. The molecular weight excluding hydrogens is 304 g/mol. The molecule has 134 valence electrons. The van der Waals surface area contributed by atoms with Crippen LogP contribution in [0.4, 0.5) is 4.79 Å². The average Bonchev–Trinajstić information content (AvgIpc) is 2.53. The minimum Gasteiger partial charge on any atom is -0.444 e. The molecule has 1 aromatic carbocycles. The van der Waals surface area contributed by atoms with Gasteiger partial charge in [0.2, 0.25) is 0 Å². The molecule has 24 heavy (non-hydrogen) atoms. The fourth-order valence-electron chi connectivity index (χ4n) is 2.05. The highest BCUT2D eigenvalue weighted by Crippen LogP contribution is 2.14. The number of hydrogen-bond donors (Lipinski definition) is 3. The Morgan fingerprint density at radius 1 is 1.21 bits per heavy atom. The molecule has 0 spiro atoms. The third-order valence-corrected chi connectivity index (χ3v) is 3.13. The highest BCUT2D eigenvalue weighted by atomic mass is 16.6. The normalized spacial score (nSPS) is 13.1. The van der Waals surface area contributed by atoms with Crippen LogP contribution in [0.5, 0.6) is 0 Å². The molecule has 0 aliphatic carbocycles. The fourth-order valence-corrected chi connectivity index (χ4v) is 2.05. The molecule has 6 heteroatoms. The molecule has 1 amide bonds. The number of guanidine groups is 1. The number of nitrogens with zero attached hydrogens (tertiary/aromatic N) is 1. The molecular formula is C18H30N4O2. The first-order valence-corrected chi connectivity index (χ1v) is 8.34. The highest BCUT2D eigenvalue weighted by Gasteiger charge is 2.20. The average molecular weight is 334 g/mol. The molecule has 0 aliphatic heterocycles. The van der Waals surface area contributed by atoms with Crippen molar-refractivity contribution in [1.82, 2.24) is 16.0 Å². The van der Waals surface area contributed by atoms with Crippen LogP contribution in [0, 0.1) is 0 Å². The summed E-state index contributed by atoms with van der Waals surface area (Å²) in [7, 11) is 1.73. The summed E-state index contributed by atoms with van der Waals surface area (Å²) in [5.41, 5.74) is 0.471. The lowest BCUT2D eigenvalue weighted by molar-refractivity contribution is 0.0504. The zero-order valence-electron chi connectivity index (χ0n) is 15.3. The maximum absolute atomic E-state index is 12.1. The van der Waals surface area contributed by atoms with Gasteiger partial charge in [-0.3, -0.25) is 4.99 Å². The summed E-state index contributed by atoms with van der Waals surface area (Å²) < 4.78 is 5.36. The Labute approximate surface area is 145 Å². The van der Waals surface area contributed by atoms with E-state index < -0.39 is 11.7 Å². The molecule has 6 nitrogen and oxygen atoms in total. The minimum absolute atomic E-state index is 0.221. The van der Waals surface area contributed by atoms with Gasteiger partial charge in [-0.1, -0.05) is 37.3 Å². The van der Waals surface area contributed by atoms with Gasteiger partial charge in [0, 0.05) is 20.1 Å². The van der Waals surface area contributed by atoms with Crippen molar-refractivity contribution in [2.45, 2.75) is 45.8 Å². The first kappa shape index (κ1) is 19.8. The summed E-state index contributed by atoms with van der Waals surface area (Å²) in [5.74, 6) is 0.712. The molecule has 3 N–H and O–H groups in total. The Hall–Kier alpha value is -2.24. The molecule has 0 saturated heterocycles. The van der Waals surface area contributed by atoms with Crippen molar-refractivity contribution in [3.8, 4) is 0 Å². The van der Waals surface area contributed by atoms with E-state index in [9.17, 15) is 4.79 Å². The molecule has 0 bridgehead atoms. The van der Waals surface area contributed by atoms with E-state index >= 15 is 0 Å². The van der Waals surface area contributed by atoms with Gasteiger partial charge in [0.15, 0.2) is 5.96 Å². The van der Waals surface area contributed by atoms with Crippen LogP contribution in [0.15, 0.2) is 35.3 Å². The van der Waals surface area contributed by atoms with Crippen molar-refractivity contribution in [1.29, 1.82) is 0 Å². The number of amides is 1. The Morgan fingerprint density at radius 2 is 1.88 bits per heavy atom. The summed E-state index contributed by atoms with van der Waals surface area (Å²) in [6.07, 6.45) is 0.577. The molecule has 0 heterocycles. The van der Waals surface area contributed by atoms with Crippen LogP contribution in [-0.2, 0) is 4.74 Å². The van der Waals surface area contributed by atoms with Gasteiger partial charge in [0.1, 0.15) is 5.60 Å². The first-order chi connectivity index (χ1) is 11.4. The molecule has 0 saturated carbocycles. The van der Waals surface area contributed by atoms with E-state index in [1.54, 1.807) is 7.05 Å². The number of aliphatic imine (C=N–C) groups is 1. The molecule has 1 aromatic rings. The quantitative estimate of drug-likeness (QED) is 0.552. The largest absolute Gasteiger partial charge is 0.444 e. The lowest BCUT2D eigenvalue weighted by Gasteiger charge is -2.24. The lowest BCUT2D eigenvalue weighted by Crippen LogP contribution is -2.44. The predicted octanol–water partition coefficient (Wildman–Crippen LogP) is 2.83. The second kappa shape index (κ2) is 9.80. The first-order valence-electron chi connectivity index (χ1n) is 8.34. The van der Waals surface area contributed by atoms with Gasteiger partial charge in [0.25, 0.3) is 0 Å². The topological polar surface area (TPSA) is 74.8 Å². The van der Waals surface area contributed by atoms with Crippen molar-refractivity contribution >= 4 is 12.1 Å². The van der Waals surface area contributed by atoms with Crippen LogP contribution >= 0.6 is 0 Å². The maximum Gasteiger partial charge on any atom is 0.408 e. The Bertz CT molecular complexity index is 524. The van der Waals surface area contributed by atoms with Gasteiger partial charge in [0.05, 0.1) is 6.04 Å². The Balaban J connectivity index is 2.74. The van der Waals surface area contributed by atoms with Crippen LogP contribution in [0.25, 0.3) is 0 Å². The lowest BCUT2D eigenvalue weighted by atomic mass is 10.1. The molecule has 0 fully saturated rings. The van der Waals surface area contributed by atoms with Crippen molar-refractivity contribution in [3.63, 3.8) is 0 Å². The van der Waals surface area contributed by atoms with E-state index in [0.717, 1.165) is 18.5 Å². The van der Waals surface area contributed by atoms with Crippen molar-refractivity contribution < 1.29 is 9.53 Å². The predicted molar refractivity (Wildman–Crippen MR) is 98.2 cm³/mol. The number of alkyl carbamates (subject to hydrolysis) is 1. The maximum atomic E-state index is 12.1. The number of hydrogen-bond acceptors (Lipinski definition) is 3. The van der Waals surface area contributed by atoms with Gasteiger partial charge in [-0.05, 0) is 32.8 Å². The Morgan fingerprint density at radius 3 is 2.42 bits per heavy atom. The van der Waals surface area contributed by atoms with Gasteiger partial charge in [-0.15, -0.1) is 0 Å². The molecule has 1 atom stereocenters. The summed E-state index contributed by atoms with van der Waals surface area (Å²) in [5, 5.41) is 9.37. The zero-order chi connectivity index (χ0) is 18.0. The summed E-state index contributed by atoms with van der Waals surface area (Å²) in [6.45, 7) is 8.98. The van der Waals surface area contributed by atoms with Gasteiger partial charge in [-0.25, -0.2) is 4.79 Å². The van der Waals surface area contributed by atoms with Crippen LogP contribution in [0.3, 0.4) is 0 Å². The second-order valence-corrected chi connectivity index (χ2v) is 6.49. The Kier molecular flexibility index (Phi) is 8.09. The number of benzene rings is 1. The summed E-state index contributed by atoms with van der Waals surface area (Å²) in [4.78, 5) is 16.3. The monoisotopic (exact) mass is 334 g/mol. The molecule has 0 aliphatic rings. The van der Waals surface area contributed by atoms with Gasteiger partial charge in [-0.2, -0.15) is 0 Å². The van der Waals surface area contributed by atoms with Crippen LogP contribution in [0.1, 0.15) is 45.7 Å². The van der Waals surface area contributed by atoms with Gasteiger partial charge < -0.3 is 20.7 Å². The van der Waals surface area contributed by atoms with E-state index in [-0.39, 0.29) is 6.04 Å². The summed E-state index contributed by atoms with van der Waals surface area (Å²) in [6, 6.07) is 9.58. The third kappa shape index (κ3) is 7.85. The standard InChI is InChI=1S/C18H30N4O2/c1-6-12-20-16(19-5)21-13-15(14-10-8-7-9-11-14)22-17(23)24-18(2,3)4/h7-11,15H,6,12-13H2,1-5H3,(H,22,23)(H2,19,20,21).